The second-order valence-corrected chi connectivity index (χ2v) is 5.83. The normalized spacial score (nSPS) is 10.8. The predicted octanol–water partition coefficient (Wildman–Crippen LogP) is 3.99. The van der Waals surface area contributed by atoms with Gasteiger partial charge in [0.2, 0.25) is 0 Å². The summed E-state index contributed by atoms with van der Waals surface area (Å²) in [6.45, 7) is 6.59. The molecule has 122 valence electrons. The van der Waals surface area contributed by atoms with Gasteiger partial charge in [-0.2, -0.15) is 0 Å². The van der Waals surface area contributed by atoms with E-state index < -0.39 is 0 Å². The SMILES string of the molecule is Cc1ccc(C(=O)NCc2cccc(COC(C)C)c2)cc1F. The smallest absolute Gasteiger partial charge is 0.251 e. The maximum Gasteiger partial charge on any atom is 0.251 e. The molecule has 0 saturated carbocycles. The fourth-order valence-corrected chi connectivity index (χ4v) is 2.11. The molecule has 0 aliphatic rings. The lowest BCUT2D eigenvalue weighted by Gasteiger charge is -2.10. The van der Waals surface area contributed by atoms with E-state index in [2.05, 4.69) is 5.32 Å². The minimum atomic E-state index is -0.370. The maximum atomic E-state index is 13.5. The van der Waals surface area contributed by atoms with Crippen LogP contribution in [0.3, 0.4) is 0 Å². The number of aryl methyl sites for hydroxylation is 1. The van der Waals surface area contributed by atoms with E-state index in [1.54, 1.807) is 19.1 Å². The molecule has 0 fully saturated rings. The summed E-state index contributed by atoms with van der Waals surface area (Å²) in [6.07, 6.45) is 0.176. The zero-order chi connectivity index (χ0) is 16.8. The van der Waals surface area contributed by atoms with Crippen LogP contribution >= 0.6 is 0 Å². The van der Waals surface area contributed by atoms with Crippen molar-refractivity contribution in [2.75, 3.05) is 0 Å². The monoisotopic (exact) mass is 315 g/mol. The average molecular weight is 315 g/mol. The first kappa shape index (κ1) is 17.2. The number of ether oxygens (including phenoxy) is 1. The van der Waals surface area contributed by atoms with Crippen molar-refractivity contribution >= 4 is 5.91 Å². The zero-order valence-electron chi connectivity index (χ0n) is 13.7. The minimum absolute atomic E-state index is 0.176. The third-order valence-electron chi connectivity index (χ3n) is 3.46. The molecule has 2 aromatic carbocycles. The topological polar surface area (TPSA) is 38.3 Å². The van der Waals surface area contributed by atoms with Crippen LogP contribution in [0.1, 0.15) is 40.9 Å². The highest BCUT2D eigenvalue weighted by molar-refractivity contribution is 5.94. The van der Waals surface area contributed by atoms with E-state index in [9.17, 15) is 9.18 Å². The van der Waals surface area contributed by atoms with Gasteiger partial charge < -0.3 is 10.1 Å². The van der Waals surface area contributed by atoms with Gasteiger partial charge in [-0.1, -0.05) is 30.3 Å². The Bertz CT molecular complexity index is 683. The van der Waals surface area contributed by atoms with Crippen molar-refractivity contribution in [3.63, 3.8) is 0 Å². The van der Waals surface area contributed by atoms with Gasteiger partial charge in [0.25, 0.3) is 5.91 Å². The fourth-order valence-electron chi connectivity index (χ4n) is 2.11. The van der Waals surface area contributed by atoms with Crippen molar-refractivity contribution in [1.82, 2.24) is 5.32 Å². The first-order chi connectivity index (χ1) is 11.0. The number of hydrogen-bond acceptors (Lipinski definition) is 2. The lowest BCUT2D eigenvalue weighted by atomic mass is 10.1. The van der Waals surface area contributed by atoms with Crippen LogP contribution in [0.25, 0.3) is 0 Å². The van der Waals surface area contributed by atoms with Crippen molar-refractivity contribution in [3.05, 3.63) is 70.5 Å². The van der Waals surface area contributed by atoms with Crippen molar-refractivity contribution in [2.45, 2.75) is 40.0 Å². The number of rotatable bonds is 6. The van der Waals surface area contributed by atoms with Gasteiger partial charge in [0.05, 0.1) is 12.7 Å². The number of carbonyl (C=O) groups excluding carboxylic acids is 1. The van der Waals surface area contributed by atoms with E-state index in [1.807, 2.05) is 38.1 Å². The summed E-state index contributed by atoms with van der Waals surface area (Å²) in [7, 11) is 0. The minimum Gasteiger partial charge on any atom is -0.374 e. The lowest BCUT2D eigenvalue weighted by Crippen LogP contribution is -2.23. The molecule has 1 N–H and O–H groups in total. The number of hydrogen-bond donors (Lipinski definition) is 1. The zero-order valence-corrected chi connectivity index (χ0v) is 13.7. The van der Waals surface area contributed by atoms with Crippen LogP contribution in [-0.4, -0.2) is 12.0 Å². The van der Waals surface area contributed by atoms with E-state index in [0.717, 1.165) is 11.1 Å². The van der Waals surface area contributed by atoms with Crippen LogP contribution in [0.15, 0.2) is 42.5 Å². The molecule has 3 nitrogen and oxygen atoms in total. The third-order valence-corrected chi connectivity index (χ3v) is 3.46. The van der Waals surface area contributed by atoms with Gasteiger partial charge in [0.15, 0.2) is 0 Å². The Kier molecular flexibility index (Phi) is 5.88. The van der Waals surface area contributed by atoms with Gasteiger partial charge in [0.1, 0.15) is 5.82 Å². The Hall–Kier alpha value is -2.20. The molecule has 2 rings (SSSR count). The van der Waals surface area contributed by atoms with Crippen molar-refractivity contribution in [2.24, 2.45) is 0 Å². The Morgan fingerprint density at radius 1 is 1.17 bits per heavy atom. The average Bonchev–Trinajstić information content (AvgIpc) is 2.53. The molecule has 1 amide bonds. The summed E-state index contributed by atoms with van der Waals surface area (Å²) in [6, 6.07) is 12.4. The maximum absolute atomic E-state index is 13.5. The standard InChI is InChI=1S/C19H22FNO2/c1-13(2)23-12-16-6-4-5-15(9-16)11-21-19(22)17-8-7-14(3)18(20)10-17/h4-10,13H,11-12H2,1-3H3,(H,21,22). The van der Waals surface area contributed by atoms with Crippen LogP contribution < -0.4 is 5.32 Å². The third kappa shape index (κ3) is 5.18. The fraction of sp³-hybridized carbons (Fsp3) is 0.316. The second kappa shape index (κ2) is 7.88. The first-order valence-corrected chi connectivity index (χ1v) is 7.69. The first-order valence-electron chi connectivity index (χ1n) is 7.69. The van der Waals surface area contributed by atoms with Crippen molar-refractivity contribution in [3.8, 4) is 0 Å². The second-order valence-electron chi connectivity index (χ2n) is 5.83. The van der Waals surface area contributed by atoms with Gasteiger partial charge >= 0.3 is 0 Å². The molecule has 23 heavy (non-hydrogen) atoms. The Labute approximate surface area is 136 Å². The Morgan fingerprint density at radius 3 is 2.61 bits per heavy atom. The molecular weight excluding hydrogens is 293 g/mol. The molecule has 0 heterocycles. The molecular formula is C19H22FNO2. The summed E-state index contributed by atoms with van der Waals surface area (Å²) in [5, 5.41) is 2.81. The molecule has 0 aliphatic carbocycles. The molecule has 0 radical (unpaired) electrons. The molecule has 2 aromatic rings. The molecule has 0 atom stereocenters. The van der Waals surface area contributed by atoms with Gasteiger partial charge in [0, 0.05) is 12.1 Å². The molecule has 0 aliphatic heterocycles. The van der Waals surface area contributed by atoms with Gasteiger partial charge in [-0.3, -0.25) is 4.79 Å². The van der Waals surface area contributed by atoms with Crippen molar-refractivity contribution < 1.29 is 13.9 Å². The van der Waals surface area contributed by atoms with E-state index in [-0.39, 0.29) is 17.8 Å². The van der Waals surface area contributed by atoms with Gasteiger partial charge in [-0.25, -0.2) is 4.39 Å². The van der Waals surface area contributed by atoms with Gasteiger partial charge in [-0.15, -0.1) is 0 Å². The largest absolute Gasteiger partial charge is 0.374 e. The van der Waals surface area contributed by atoms with Crippen LogP contribution in [-0.2, 0) is 17.9 Å². The number of halogens is 1. The van der Waals surface area contributed by atoms with E-state index in [0.29, 0.717) is 24.3 Å². The lowest BCUT2D eigenvalue weighted by molar-refractivity contribution is 0.0657. The molecule has 0 bridgehead atoms. The summed E-state index contributed by atoms with van der Waals surface area (Å²) >= 11 is 0. The van der Waals surface area contributed by atoms with E-state index >= 15 is 0 Å². The van der Waals surface area contributed by atoms with Crippen LogP contribution in [0.2, 0.25) is 0 Å². The molecule has 0 unspecified atom stereocenters. The summed E-state index contributed by atoms with van der Waals surface area (Å²) < 4.78 is 19.1. The number of nitrogens with one attached hydrogen (secondary N) is 1. The number of carbonyl (C=O) groups is 1. The van der Waals surface area contributed by atoms with Crippen LogP contribution in [0.5, 0.6) is 0 Å². The van der Waals surface area contributed by atoms with Crippen molar-refractivity contribution in [1.29, 1.82) is 0 Å². The summed E-state index contributed by atoms with van der Waals surface area (Å²) in [5.41, 5.74) is 2.90. The highest BCUT2D eigenvalue weighted by atomic mass is 19.1. The summed E-state index contributed by atoms with van der Waals surface area (Å²) in [5.74, 6) is -0.654. The molecule has 0 saturated heterocycles. The molecule has 0 aromatic heterocycles. The number of benzene rings is 2. The Balaban J connectivity index is 1.95. The van der Waals surface area contributed by atoms with Gasteiger partial charge in [-0.05, 0) is 49.6 Å². The van der Waals surface area contributed by atoms with E-state index in [1.165, 1.54) is 6.07 Å². The number of amides is 1. The predicted molar refractivity (Wildman–Crippen MR) is 88.7 cm³/mol. The molecule has 0 spiro atoms. The van der Waals surface area contributed by atoms with E-state index in [4.69, 9.17) is 4.74 Å². The van der Waals surface area contributed by atoms with Crippen LogP contribution in [0.4, 0.5) is 4.39 Å². The highest BCUT2D eigenvalue weighted by Gasteiger charge is 2.08. The molecule has 4 heteroatoms. The Morgan fingerprint density at radius 2 is 1.91 bits per heavy atom. The van der Waals surface area contributed by atoms with Crippen LogP contribution in [0, 0.1) is 12.7 Å². The highest BCUT2D eigenvalue weighted by Crippen LogP contribution is 2.11. The summed E-state index contributed by atoms with van der Waals surface area (Å²) in [4.78, 5) is 12.1. The quantitative estimate of drug-likeness (QED) is 0.875.